The summed E-state index contributed by atoms with van der Waals surface area (Å²) in [5.74, 6) is -0.193. The number of hydrogen-bond donors (Lipinski definition) is 0. The summed E-state index contributed by atoms with van der Waals surface area (Å²) in [7, 11) is 1.78. The Morgan fingerprint density at radius 1 is 1.15 bits per heavy atom. The maximum atomic E-state index is 13.7. The van der Waals surface area contributed by atoms with Crippen molar-refractivity contribution in [1.29, 1.82) is 0 Å². The van der Waals surface area contributed by atoms with E-state index < -0.39 is 0 Å². The lowest BCUT2D eigenvalue weighted by Gasteiger charge is -2.42. The van der Waals surface area contributed by atoms with Crippen LogP contribution in [0.5, 0.6) is 0 Å². The number of nitrogens with zero attached hydrogens (tertiary/aromatic N) is 3. The highest BCUT2D eigenvalue weighted by molar-refractivity contribution is 5.94. The van der Waals surface area contributed by atoms with Crippen LogP contribution >= 0.6 is 0 Å². The van der Waals surface area contributed by atoms with E-state index in [1.165, 1.54) is 16.8 Å². The molecule has 3 aromatic rings. The largest absolute Gasteiger partial charge is 0.373 e. The number of carbonyl (C=O) groups excluding carboxylic acids is 1. The van der Waals surface area contributed by atoms with E-state index in [1.807, 2.05) is 24.3 Å². The van der Waals surface area contributed by atoms with Crippen molar-refractivity contribution >= 4 is 28.6 Å². The molecule has 6 heteroatoms. The van der Waals surface area contributed by atoms with E-state index in [1.54, 1.807) is 24.1 Å². The van der Waals surface area contributed by atoms with E-state index in [0.717, 1.165) is 68.5 Å². The van der Waals surface area contributed by atoms with Crippen molar-refractivity contribution in [3.63, 3.8) is 0 Å². The standard InChI is InChI=1S/C28H32FN3O2/c1-20-18-32(27-5-3-4-21-16-23(29)6-8-25(21)27)14-13-31(20)12-10-28-26-9-7-24(30(2)19-33)17-22(26)11-15-34-28/h3-9,16-17,19-20,28H,10-15,18H2,1-2H3/t20-,28?/m1/s1. The Morgan fingerprint density at radius 2 is 2.03 bits per heavy atom. The van der Waals surface area contributed by atoms with Gasteiger partial charge in [0.2, 0.25) is 6.41 Å². The molecule has 0 bridgehead atoms. The summed E-state index contributed by atoms with van der Waals surface area (Å²) in [5, 5.41) is 2.06. The fourth-order valence-electron chi connectivity index (χ4n) is 5.39. The van der Waals surface area contributed by atoms with Gasteiger partial charge in [0.05, 0.1) is 12.7 Å². The van der Waals surface area contributed by atoms with Crippen LogP contribution in [-0.2, 0) is 16.0 Å². The minimum Gasteiger partial charge on any atom is -0.373 e. The predicted octanol–water partition coefficient (Wildman–Crippen LogP) is 4.79. The molecule has 0 N–H and O–H groups in total. The summed E-state index contributed by atoms with van der Waals surface area (Å²) < 4.78 is 19.8. The Morgan fingerprint density at radius 3 is 2.85 bits per heavy atom. The summed E-state index contributed by atoms with van der Waals surface area (Å²) in [6, 6.07) is 17.9. The molecule has 1 amide bonds. The third-order valence-electron chi connectivity index (χ3n) is 7.33. The van der Waals surface area contributed by atoms with Crippen LogP contribution in [-0.4, -0.2) is 57.2 Å². The second-order valence-corrected chi connectivity index (χ2v) is 9.47. The van der Waals surface area contributed by atoms with Gasteiger partial charge >= 0.3 is 0 Å². The third kappa shape index (κ3) is 4.52. The number of fused-ring (bicyclic) bond motifs is 2. The summed E-state index contributed by atoms with van der Waals surface area (Å²) in [6.45, 7) is 6.87. The zero-order valence-corrected chi connectivity index (χ0v) is 19.9. The average molecular weight is 462 g/mol. The number of hydrogen-bond acceptors (Lipinski definition) is 4. The number of halogens is 1. The topological polar surface area (TPSA) is 36.0 Å². The smallest absolute Gasteiger partial charge is 0.213 e. The molecule has 3 aromatic carbocycles. The Balaban J connectivity index is 1.23. The van der Waals surface area contributed by atoms with Gasteiger partial charge in [-0.3, -0.25) is 9.69 Å². The highest BCUT2D eigenvalue weighted by Gasteiger charge is 2.27. The first-order valence-corrected chi connectivity index (χ1v) is 12.1. The van der Waals surface area contributed by atoms with Crippen molar-refractivity contribution in [2.75, 3.05) is 49.6 Å². The molecule has 5 rings (SSSR count). The van der Waals surface area contributed by atoms with Crippen LogP contribution in [0.1, 0.15) is 30.6 Å². The summed E-state index contributed by atoms with van der Waals surface area (Å²) in [5.41, 5.74) is 4.65. The van der Waals surface area contributed by atoms with E-state index >= 15 is 0 Å². The molecule has 34 heavy (non-hydrogen) atoms. The first-order chi connectivity index (χ1) is 16.5. The quantitative estimate of drug-likeness (QED) is 0.495. The van der Waals surface area contributed by atoms with E-state index in [4.69, 9.17) is 4.74 Å². The van der Waals surface area contributed by atoms with Gasteiger partial charge in [0, 0.05) is 56.0 Å². The predicted molar refractivity (Wildman–Crippen MR) is 135 cm³/mol. The number of amides is 1. The van der Waals surface area contributed by atoms with Crippen LogP contribution in [0, 0.1) is 5.82 Å². The molecule has 0 spiro atoms. The van der Waals surface area contributed by atoms with Crippen LogP contribution in [0.4, 0.5) is 15.8 Å². The zero-order chi connectivity index (χ0) is 23.7. The van der Waals surface area contributed by atoms with E-state index in [0.29, 0.717) is 6.04 Å². The minimum absolute atomic E-state index is 0.0949. The van der Waals surface area contributed by atoms with Gasteiger partial charge in [-0.15, -0.1) is 0 Å². The van der Waals surface area contributed by atoms with Crippen molar-refractivity contribution in [2.24, 2.45) is 0 Å². The number of anilines is 2. The fourth-order valence-corrected chi connectivity index (χ4v) is 5.39. The van der Waals surface area contributed by atoms with E-state index in [-0.39, 0.29) is 11.9 Å². The summed E-state index contributed by atoms with van der Waals surface area (Å²) >= 11 is 0. The molecular formula is C28H32FN3O2. The number of rotatable bonds is 6. The molecule has 2 aliphatic rings. The van der Waals surface area contributed by atoms with Crippen molar-refractivity contribution in [2.45, 2.75) is 31.9 Å². The molecule has 2 heterocycles. The second kappa shape index (κ2) is 9.72. The lowest BCUT2D eigenvalue weighted by Crippen LogP contribution is -2.52. The Hall–Kier alpha value is -2.96. The fraction of sp³-hybridized carbons (Fsp3) is 0.393. The first kappa shape index (κ1) is 22.8. The molecule has 0 aliphatic carbocycles. The second-order valence-electron chi connectivity index (χ2n) is 9.47. The van der Waals surface area contributed by atoms with Crippen LogP contribution in [0.3, 0.4) is 0 Å². The normalized spacial score (nSPS) is 20.9. The highest BCUT2D eigenvalue weighted by Crippen LogP contribution is 2.33. The molecule has 2 aliphatic heterocycles. The molecule has 0 aromatic heterocycles. The van der Waals surface area contributed by atoms with Gasteiger partial charge in [0.15, 0.2) is 0 Å². The number of carbonyl (C=O) groups is 1. The Kier molecular flexibility index (Phi) is 6.53. The van der Waals surface area contributed by atoms with Crippen LogP contribution in [0.25, 0.3) is 10.8 Å². The lowest BCUT2D eigenvalue weighted by molar-refractivity contribution is -0.107. The third-order valence-corrected chi connectivity index (χ3v) is 7.33. The van der Waals surface area contributed by atoms with Gasteiger partial charge in [-0.05, 0) is 72.7 Å². The molecular weight excluding hydrogens is 429 g/mol. The Labute approximate surface area is 200 Å². The molecule has 5 nitrogen and oxygen atoms in total. The van der Waals surface area contributed by atoms with Gasteiger partial charge in [-0.2, -0.15) is 0 Å². The van der Waals surface area contributed by atoms with E-state index in [9.17, 15) is 9.18 Å². The monoisotopic (exact) mass is 461 g/mol. The Bertz CT molecular complexity index is 1180. The molecule has 1 saturated heterocycles. The van der Waals surface area contributed by atoms with Crippen LogP contribution < -0.4 is 9.80 Å². The van der Waals surface area contributed by atoms with Crippen molar-refractivity contribution in [1.82, 2.24) is 4.90 Å². The van der Waals surface area contributed by atoms with Gasteiger partial charge in [0.1, 0.15) is 5.82 Å². The van der Waals surface area contributed by atoms with Crippen molar-refractivity contribution in [3.05, 3.63) is 71.5 Å². The molecule has 178 valence electrons. The van der Waals surface area contributed by atoms with Gasteiger partial charge in [0.25, 0.3) is 0 Å². The number of piperazine rings is 1. The van der Waals surface area contributed by atoms with Gasteiger partial charge < -0.3 is 14.5 Å². The highest BCUT2D eigenvalue weighted by atomic mass is 19.1. The summed E-state index contributed by atoms with van der Waals surface area (Å²) in [6.07, 6.45) is 2.78. The number of benzene rings is 3. The SMILES string of the molecule is C[C@@H]1CN(c2cccc3cc(F)ccc23)CCN1CCC1OCCc2cc(N(C)C=O)ccc21. The first-order valence-electron chi connectivity index (χ1n) is 12.1. The van der Waals surface area contributed by atoms with Crippen LogP contribution in [0.2, 0.25) is 0 Å². The molecule has 2 atom stereocenters. The lowest BCUT2D eigenvalue weighted by atomic mass is 9.94. The maximum absolute atomic E-state index is 13.7. The minimum atomic E-state index is -0.193. The zero-order valence-electron chi connectivity index (χ0n) is 19.9. The van der Waals surface area contributed by atoms with Crippen LogP contribution in [0.15, 0.2) is 54.6 Å². The molecule has 0 radical (unpaired) electrons. The summed E-state index contributed by atoms with van der Waals surface area (Å²) in [4.78, 5) is 17.7. The van der Waals surface area contributed by atoms with Gasteiger partial charge in [-0.25, -0.2) is 4.39 Å². The van der Waals surface area contributed by atoms with Crippen molar-refractivity contribution in [3.8, 4) is 0 Å². The van der Waals surface area contributed by atoms with Crippen molar-refractivity contribution < 1.29 is 13.9 Å². The average Bonchev–Trinajstić information content (AvgIpc) is 2.86. The van der Waals surface area contributed by atoms with Gasteiger partial charge in [-0.1, -0.05) is 18.2 Å². The number of ether oxygens (including phenoxy) is 1. The molecule has 1 fully saturated rings. The molecule has 0 saturated carbocycles. The molecule has 1 unspecified atom stereocenters. The maximum Gasteiger partial charge on any atom is 0.213 e. The van der Waals surface area contributed by atoms with E-state index in [2.05, 4.69) is 34.9 Å².